The number of fused-ring (bicyclic) bond motifs is 1. The van der Waals surface area contributed by atoms with Crippen LogP contribution in [0.25, 0.3) is 11.0 Å². The van der Waals surface area contributed by atoms with E-state index in [1.807, 2.05) is 0 Å². The number of hydrogen-bond donors (Lipinski definition) is 1. The average molecular weight is 271 g/mol. The van der Waals surface area contributed by atoms with Crippen molar-refractivity contribution >= 4 is 45.7 Å². The van der Waals surface area contributed by atoms with E-state index in [1.165, 1.54) is 23.1 Å². The largest absolute Gasteiger partial charge is 0.261 e. The maximum Gasteiger partial charge on any atom is 0.225 e. The fraction of sp³-hybridized carbons (Fsp3) is 0. The van der Waals surface area contributed by atoms with Gasteiger partial charge in [0.1, 0.15) is 10.5 Å². The first kappa shape index (κ1) is 9.94. The number of H-pyrrole nitrogens is 1. The van der Waals surface area contributed by atoms with E-state index in [0.717, 1.165) is 14.8 Å². The molecule has 3 heterocycles. The molecule has 0 radical (unpaired) electrons. The fourth-order valence-corrected chi connectivity index (χ4v) is 2.85. The molecule has 6 nitrogen and oxygen atoms in total. The van der Waals surface area contributed by atoms with E-state index < -0.39 is 0 Å². The molecule has 0 amide bonds. The molecule has 3 rings (SSSR count). The number of aromatic amines is 1. The summed E-state index contributed by atoms with van der Waals surface area (Å²) < 4.78 is 0.803. The Morgan fingerprint density at radius 3 is 3.12 bits per heavy atom. The molecule has 3 aromatic rings. The molecule has 0 spiro atoms. The van der Waals surface area contributed by atoms with Crippen LogP contribution in [0.4, 0.5) is 0 Å². The van der Waals surface area contributed by atoms with Crippen molar-refractivity contribution in [2.75, 3.05) is 0 Å². The van der Waals surface area contributed by atoms with Gasteiger partial charge in [-0.2, -0.15) is 10.1 Å². The lowest BCUT2D eigenvalue weighted by atomic mass is 10.4. The molecule has 0 fully saturated rings. The van der Waals surface area contributed by atoms with Crippen LogP contribution in [0.2, 0.25) is 5.28 Å². The maximum atomic E-state index is 5.80. The second kappa shape index (κ2) is 3.96. The number of hydrogen-bond acceptors (Lipinski definition) is 7. The summed E-state index contributed by atoms with van der Waals surface area (Å²) in [6.07, 6.45) is 1.66. The molecule has 80 valence electrons. The molecular weight excluding hydrogens is 268 g/mol. The summed E-state index contributed by atoms with van der Waals surface area (Å²) in [5, 5.41) is 16.1. The molecule has 0 atom stereocenters. The number of aromatic nitrogens is 6. The Morgan fingerprint density at radius 1 is 1.38 bits per heavy atom. The van der Waals surface area contributed by atoms with Gasteiger partial charge in [-0.3, -0.25) is 5.10 Å². The van der Waals surface area contributed by atoms with Gasteiger partial charge in [-0.1, -0.05) is 11.3 Å². The van der Waals surface area contributed by atoms with E-state index in [1.54, 1.807) is 11.7 Å². The van der Waals surface area contributed by atoms with Crippen LogP contribution in [0.5, 0.6) is 0 Å². The van der Waals surface area contributed by atoms with Crippen molar-refractivity contribution in [3.05, 3.63) is 17.0 Å². The zero-order valence-corrected chi connectivity index (χ0v) is 9.97. The Kier molecular flexibility index (Phi) is 2.46. The van der Waals surface area contributed by atoms with Crippen LogP contribution in [0.3, 0.4) is 0 Å². The third-order valence-corrected chi connectivity index (χ3v) is 3.72. The minimum absolute atomic E-state index is 0.184. The molecule has 0 aliphatic rings. The van der Waals surface area contributed by atoms with Crippen molar-refractivity contribution in [2.45, 2.75) is 9.37 Å². The Morgan fingerprint density at radius 2 is 2.31 bits per heavy atom. The highest BCUT2D eigenvalue weighted by Gasteiger charge is 2.11. The second-order valence-electron chi connectivity index (χ2n) is 2.74. The summed E-state index contributed by atoms with van der Waals surface area (Å²) in [7, 11) is 0. The monoisotopic (exact) mass is 270 g/mol. The summed E-state index contributed by atoms with van der Waals surface area (Å²) in [6.45, 7) is 0. The van der Waals surface area contributed by atoms with Crippen molar-refractivity contribution in [1.82, 2.24) is 30.4 Å². The first-order chi connectivity index (χ1) is 7.83. The van der Waals surface area contributed by atoms with Gasteiger partial charge in [-0.15, -0.1) is 10.2 Å². The van der Waals surface area contributed by atoms with Crippen LogP contribution >= 0.6 is 34.7 Å². The normalized spacial score (nSPS) is 11.1. The van der Waals surface area contributed by atoms with Crippen LogP contribution in [0, 0.1) is 0 Å². The first-order valence-corrected chi connectivity index (χ1v) is 6.21. The van der Waals surface area contributed by atoms with E-state index in [0.29, 0.717) is 5.65 Å². The van der Waals surface area contributed by atoms with Crippen LogP contribution in [0.15, 0.2) is 21.1 Å². The van der Waals surface area contributed by atoms with E-state index in [2.05, 4.69) is 30.4 Å². The Labute approximate surface area is 102 Å². The van der Waals surface area contributed by atoms with E-state index in [4.69, 9.17) is 11.6 Å². The van der Waals surface area contributed by atoms with Gasteiger partial charge in [0, 0.05) is 0 Å². The second-order valence-corrected chi connectivity index (χ2v) is 5.14. The van der Waals surface area contributed by atoms with Gasteiger partial charge in [-0.25, -0.2) is 4.98 Å². The number of halogens is 1. The molecule has 0 unspecified atom stereocenters. The van der Waals surface area contributed by atoms with Crippen LogP contribution in [0.1, 0.15) is 0 Å². The number of rotatable bonds is 2. The predicted molar refractivity (Wildman–Crippen MR) is 60.7 cm³/mol. The first-order valence-electron chi connectivity index (χ1n) is 4.13. The zero-order valence-electron chi connectivity index (χ0n) is 7.59. The number of nitrogens with one attached hydrogen (secondary N) is 1. The lowest BCUT2D eigenvalue weighted by Crippen LogP contribution is -1.87. The minimum Gasteiger partial charge on any atom is -0.261 e. The predicted octanol–water partition coefficient (Wildman–Crippen LogP) is 2.01. The topological polar surface area (TPSA) is 80.2 Å². The van der Waals surface area contributed by atoms with E-state index in [-0.39, 0.29) is 5.28 Å². The Hall–Kier alpha value is -1.25. The summed E-state index contributed by atoms with van der Waals surface area (Å²) in [5.74, 6) is 0. The highest BCUT2D eigenvalue weighted by molar-refractivity contribution is 8.01. The third kappa shape index (κ3) is 1.75. The summed E-state index contributed by atoms with van der Waals surface area (Å²) in [4.78, 5) is 8.16. The van der Waals surface area contributed by atoms with Gasteiger partial charge in [0.05, 0.1) is 11.6 Å². The molecule has 0 bridgehead atoms. The molecule has 3 aromatic heterocycles. The molecule has 0 aromatic carbocycles. The molecular formula is C7H3ClN6S2. The van der Waals surface area contributed by atoms with E-state index >= 15 is 0 Å². The van der Waals surface area contributed by atoms with Gasteiger partial charge in [-0.05, 0) is 23.4 Å². The van der Waals surface area contributed by atoms with Crippen molar-refractivity contribution in [1.29, 1.82) is 0 Å². The van der Waals surface area contributed by atoms with Crippen LogP contribution in [-0.4, -0.2) is 30.4 Å². The fourth-order valence-electron chi connectivity index (χ4n) is 1.15. The minimum atomic E-state index is 0.184. The standard InChI is InChI=1S/C7H3ClN6S2/c8-6-11-4-3(1-9-13-4)5(12-6)16-7-14-10-2-15-7/h1-2H,(H,9,11,12,13). The van der Waals surface area contributed by atoms with Gasteiger partial charge < -0.3 is 0 Å². The molecule has 0 saturated carbocycles. The molecule has 1 N–H and O–H groups in total. The highest BCUT2D eigenvalue weighted by Crippen LogP contribution is 2.31. The Balaban J connectivity index is 2.11. The summed E-state index contributed by atoms with van der Waals surface area (Å²) >= 11 is 8.64. The van der Waals surface area contributed by atoms with Crippen LogP contribution < -0.4 is 0 Å². The number of nitrogens with zero attached hydrogens (tertiary/aromatic N) is 5. The van der Waals surface area contributed by atoms with Gasteiger partial charge in [0.2, 0.25) is 5.28 Å². The van der Waals surface area contributed by atoms with E-state index in [9.17, 15) is 0 Å². The molecule has 0 aliphatic carbocycles. The summed E-state index contributed by atoms with van der Waals surface area (Å²) in [5.41, 5.74) is 2.28. The average Bonchev–Trinajstić information content (AvgIpc) is 2.87. The smallest absolute Gasteiger partial charge is 0.225 e. The van der Waals surface area contributed by atoms with Gasteiger partial charge >= 0.3 is 0 Å². The molecule has 0 saturated heterocycles. The molecule has 0 aliphatic heterocycles. The molecule has 9 heteroatoms. The van der Waals surface area contributed by atoms with Crippen molar-refractivity contribution in [3.63, 3.8) is 0 Å². The Bertz CT molecular complexity index is 621. The summed E-state index contributed by atoms with van der Waals surface area (Å²) in [6, 6.07) is 0. The quantitative estimate of drug-likeness (QED) is 0.567. The molecule has 16 heavy (non-hydrogen) atoms. The van der Waals surface area contributed by atoms with Crippen molar-refractivity contribution < 1.29 is 0 Å². The third-order valence-electron chi connectivity index (χ3n) is 1.77. The zero-order chi connectivity index (χ0) is 11.0. The SMILES string of the molecule is Clc1nc(Sc2nncs2)c2cn[nH]c2n1. The maximum absolute atomic E-state index is 5.80. The van der Waals surface area contributed by atoms with Crippen LogP contribution in [-0.2, 0) is 0 Å². The lowest BCUT2D eigenvalue weighted by Gasteiger charge is -1.98. The van der Waals surface area contributed by atoms with Gasteiger partial charge in [0.15, 0.2) is 9.99 Å². The highest BCUT2D eigenvalue weighted by atomic mass is 35.5. The van der Waals surface area contributed by atoms with Crippen molar-refractivity contribution in [2.24, 2.45) is 0 Å². The van der Waals surface area contributed by atoms with Crippen molar-refractivity contribution in [3.8, 4) is 0 Å². The van der Waals surface area contributed by atoms with Gasteiger partial charge in [0.25, 0.3) is 0 Å². The lowest BCUT2D eigenvalue weighted by molar-refractivity contribution is 1.00.